The van der Waals surface area contributed by atoms with Gasteiger partial charge in [0, 0.05) is 17.3 Å². The summed E-state index contributed by atoms with van der Waals surface area (Å²) in [5.74, 6) is -0.205. The van der Waals surface area contributed by atoms with E-state index >= 15 is 0 Å². The summed E-state index contributed by atoms with van der Waals surface area (Å²) in [7, 11) is 0. The van der Waals surface area contributed by atoms with Crippen molar-refractivity contribution in [3.63, 3.8) is 0 Å². The van der Waals surface area contributed by atoms with E-state index in [4.69, 9.17) is 9.52 Å². The second kappa shape index (κ2) is 7.53. The van der Waals surface area contributed by atoms with E-state index in [-0.39, 0.29) is 5.76 Å². The molecule has 0 unspecified atom stereocenters. The Balaban J connectivity index is 1.65. The summed E-state index contributed by atoms with van der Waals surface area (Å²) < 4.78 is 6.84. The highest BCUT2D eigenvalue weighted by atomic mass is 16.3. The molecule has 6 heteroatoms. The van der Waals surface area contributed by atoms with Gasteiger partial charge in [-0.3, -0.25) is 4.79 Å². The summed E-state index contributed by atoms with van der Waals surface area (Å²) in [6.45, 7) is 0. The van der Waals surface area contributed by atoms with Crippen molar-refractivity contribution < 1.29 is 9.21 Å². The molecule has 4 rings (SSSR count). The van der Waals surface area contributed by atoms with Gasteiger partial charge in [0.05, 0.1) is 18.2 Å². The molecule has 0 atom stereocenters. The normalized spacial score (nSPS) is 11.0. The zero-order valence-corrected chi connectivity index (χ0v) is 14.3. The first-order valence-electron chi connectivity index (χ1n) is 8.39. The first-order chi connectivity index (χ1) is 13.3. The monoisotopic (exact) mass is 356 g/mol. The topological polar surface area (TPSA) is 72.4 Å². The Morgan fingerprint density at radius 2 is 1.74 bits per heavy atom. The first kappa shape index (κ1) is 16.5. The molecule has 6 nitrogen and oxygen atoms in total. The third-order valence-electron chi connectivity index (χ3n) is 3.93. The van der Waals surface area contributed by atoms with Gasteiger partial charge in [-0.1, -0.05) is 48.5 Å². The molecule has 1 N–H and O–H groups in total. The second-order valence-electron chi connectivity index (χ2n) is 5.76. The fourth-order valence-corrected chi connectivity index (χ4v) is 2.64. The highest BCUT2D eigenvalue weighted by Crippen LogP contribution is 2.22. The van der Waals surface area contributed by atoms with Crippen molar-refractivity contribution in [3.05, 3.63) is 96.6 Å². The van der Waals surface area contributed by atoms with Gasteiger partial charge in [0.2, 0.25) is 0 Å². The average molecular weight is 356 g/mol. The van der Waals surface area contributed by atoms with E-state index in [0.717, 1.165) is 22.5 Å². The van der Waals surface area contributed by atoms with Crippen molar-refractivity contribution >= 4 is 12.1 Å². The van der Waals surface area contributed by atoms with Gasteiger partial charge in [-0.25, -0.2) is 10.1 Å². The molecule has 27 heavy (non-hydrogen) atoms. The van der Waals surface area contributed by atoms with Crippen LogP contribution in [-0.2, 0) is 0 Å². The smallest absolute Gasteiger partial charge is 0.307 e. The predicted molar refractivity (Wildman–Crippen MR) is 103 cm³/mol. The third-order valence-corrected chi connectivity index (χ3v) is 3.93. The largest absolute Gasteiger partial charge is 0.459 e. The molecule has 0 aliphatic heterocycles. The Hall–Kier alpha value is -3.93. The number of hydrazone groups is 1. The van der Waals surface area contributed by atoms with Crippen LogP contribution in [0.5, 0.6) is 0 Å². The van der Waals surface area contributed by atoms with Crippen molar-refractivity contribution in [2.24, 2.45) is 5.10 Å². The Labute approximate surface area is 155 Å². The number of carbonyl (C=O) groups is 1. The summed E-state index contributed by atoms with van der Waals surface area (Å²) in [4.78, 5) is 11.9. The van der Waals surface area contributed by atoms with Crippen molar-refractivity contribution in [1.29, 1.82) is 0 Å². The molecule has 2 aromatic heterocycles. The maximum absolute atomic E-state index is 11.9. The van der Waals surface area contributed by atoms with Crippen LogP contribution in [0.25, 0.3) is 16.9 Å². The molecule has 2 aromatic carbocycles. The van der Waals surface area contributed by atoms with E-state index in [0.29, 0.717) is 0 Å². The molecule has 0 saturated heterocycles. The van der Waals surface area contributed by atoms with Gasteiger partial charge < -0.3 is 4.42 Å². The van der Waals surface area contributed by atoms with Gasteiger partial charge in [0.25, 0.3) is 0 Å². The summed E-state index contributed by atoms with van der Waals surface area (Å²) in [5.41, 5.74) is 5.92. The van der Waals surface area contributed by atoms with Crippen LogP contribution in [0.2, 0.25) is 0 Å². The minimum atomic E-state index is -0.409. The van der Waals surface area contributed by atoms with Crippen LogP contribution < -0.4 is 5.43 Å². The molecule has 4 aromatic rings. The Morgan fingerprint density at radius 3 is 2.44 bits per heavy atom. The average Bonchev–Trinajstić information content (AvgIpc) is 3.40. The molecular formula is C21H16N4O2. The number of amides is 1. The van der Waals surface area contributed by atoms with Crippen LogP contribution >= 0.6 is 0 Å². The molecule has 132 valence electrons. The predicted octanol–water partition coefficient (Wildman–Crippen LogP) is 3.90. The fourth-order valence-electron chi connectivity index (χ4n) is 2.64. The summed E-state index contributed by atoms with van der Waals surface area (Å²) in [5, 5.41) is 8.75. The number of para-hydroxylation sites is 1. The van der Waals surface area contributed by atoms with E-state index in [9.17, 15) is 4.79 Å². The minimum Gasteiger partial charge on any atom is -0.459 e. The number of rotatable bonds is 5. The maximum atomic E-state index is 11.9. The van der Waals surface area contributed by atoms with Gasteiger partial charge in [-0.05, 0) is 24.3 Å². The molecule has 0 spiro atoms. The zero-order valence-electron chi connectivity index (χ0n) is 14.3. The highest BCUT2D eigenvalue weighted by Gasteiger charge is 2.11. The Kier molecular flexibility index (Phi) is 4.61. The maximum Gasteiger partial charge on any atom is 0.307 e. The molecule has 0 saturated carbocycles. The van der Waals surface area contributed by atoms with E-state index in [1.165, 1.54) is 6.26 Å². The lowest BCUT2D eigenvalue weighted by Crippen LogP contribution is -2.16. The minimum absolute atomic E-state index is 0.204. The molecule has 0 radical (unpaired) electrons. The number of carbonyl (C=O) groups excluding carboxylic acids is 1. The molecule has 0 aliphatic rings. The van der Waals surface area contributed by atoms with Crippen LogP contribution in [0.4, 0.5) is 0 Å². The number of furan rings is 1. The van der Waals surface area contributed by atoms with Gasteiger partial charge in [-0.2, -0.15) is 10.2 Å². The third kappa shape index (κ3) is 3.69. The van der Waals surface area contributed by atoms with Gasteiger partial charge in [-0.15, -0.1) is 0 Å². The van der Waals surface area contributed by atoms with Gasteiger partial charge in [0.1, 0.15) is 5.69 Å². The van der Waals surface area contributed by atoms with Gasteiger partial charge in [0.15, 0.2) is 5.76 Å². The van der Waals surface area contributed by atoms with Crippen LogP contribution in [0.3, 0.4) is 0 Å². The van der Waals surface area contributed by atoms with Crippen LogP contribution in [0.1, 0.15) is 16.1 Å². The molecule has 0 fully saturated rings. The summed E-state index contributed by atoms with van der Waals surface area (Å²) in [6, 6.07) is 22.9. The van der Waals surface area contributed by atoms with Crippen molar-refractivity contribution in [2.45, 2.75) is 0 Å². The standard InChI is InChI=1S/C21H16N4O2/c26-21(19-12-7-13-27-19)23-22-14-17-15-25(18-10-5-2-6-11-18)24-20(17)16-8-3-1-4-9-16/h1-15H,(H,23,26)/b22-14-. The fraction of sp³-hybridized carbons (Fsp3) is 0. The van der Waals surface area contributed by atoms with Crippen LogP contribution in [0.15, 0.2) is 94.8 Å². The SMILES string of the molecule is O=C(N/N=C\c1cn(-c2ccccc2)nc1-c1ccccc1)c1ccco1. The quantitative estimate of drug-likeness (QED) is 0.435. The first-order valence-corrected chi connectivity index (χ1v) is 8.39. The van der Waals surface area contributed by atoms with Crippen molar-refractivity contribution in [1.82, 2.24) is 15.2 Å². The van der Waals surface area contributed by atoms with Crippen LogP contribution in [0, 0.1) is 0 Å². The Morgan fingerprint density at radius 1 is 1.00 bits per heavy atom. The second-order valence-corrected chi connectivity index (χ2v) is 5.76. The number of nitrogens with zero attached hydrogens (tertiary/aromatic N) is 3. The molecule has 0 bridgehead atoms. The van der Waals surface area contributed by atoms with Crippen molar-refractivity contribution in [3.8, 4) is 16.9 Å². The van der Waals surface area contributed by atoms with E-state index < -0.39 is 5.91 Å². The number of hydrogen-bond acceptors (Lipinski definition) is 4. The van der Waals surface area contributed by atoms with E-state index in [1.54, 1.807) is 23.0 Å². The zero-order chi connectivity index (χ0) is 18.5. The van der Waals surface area contributed by atoms with Gasteiger partial charge >= 0.3 is 5.91 Å². The Bertz CT molecular complexity index is 1050. The highest BCUT2D eigenvalue weighted by molar-refractivity contribution is 5.93. The number of nitrogens with one attached hydrogen (secondary N) is 1. The summed E-state index contributed by atoms with van der Waals surface area (Å²) >= 11 is 0. The molecular weight excluding hydrogens is 340 g/mol. The summed E-state index contributed by atoms with van der Waals surface area (Å²) in [6.07, 6.45) is 4.89. The lowest BCUT2D eigenvalue weighted by atomic mass is 10.1. The molecule has 0 aliphatic carbocycles. The lowest BCUT2D eigenvalue weighted by molar-refractivity contribution is 0.0927. The van der Waals surface area contributed by atoms with Crippen molar-refractivity contribution in [2.75, 3.05) is 0 Å². The van der Waals surface area contributed by atoms with E-state index in [2.05, 4.69) is 10.5 Å². The lowest BCUT2D eigenvalue weighted by Gasteiger charge is -2.00. The number of benzene rings is 2. The number of aromatic nitrogens is 2. The number of hydrogen-bond donors (Lipinski definition) is 1. The van der Waals surface area contributed by atoms with E-state index in [1.807, 2.05) is 66.9 Å². The molecule has 1 amide bonds. The van der Waals surface area contributed by atoms with Crippen LogP contribution in [-0.4, -0.2) is 21.9 Å². The molecule has 2 heterocycles.